The number of esters is 1. The molecule has 0 bridgehead atoms. The van der Waals surface area contributed by atoms with Crippen LogP contribution in [0, 0.1) is 22.7 Å². The van der Waals surface area contributed by atoms with Gasteiger partial charge in [0, 0.05) is 13.1 Å². The van der Waals surface area contributed by atoms with E-state index in [1.165, 1.54) is 7.11 Å². The van der Waals surface area contributed by atoms with Crippen LogP contribution in [0.25, 0.3) is 0 Å². The zero-order chi connectivity index (χ0) is 33.8. The third-order valence-electron chi connectivity index (χ3n) is 8.97. The molecule has 0 aromatic heterocycles. The van der Waals surface area contributed by atoms with Gasteiger partial charge in [-0.1, -0.05) is 66.2 Å². The molecule has 2 atom stereocenters. The van der Waals surface area contributed by atoms with Gasteiger partial charge in [0.25, 0.3) is 0 Å². The number of carbonyl (C=O) groups is 5. The van der Waals surface area contributed by atoms with Crippen molar-refractivity contribution in [2.75, 3.05) is 20.2 Å². The summed E-state index contributed by atoms with van der Waals surface area (Å²) in [5.41, 5.74) is -2.33. The van der Waals surface area contributed by atoms with Crippen molar-refractivity contribution in [2.45, 2.75) is 143 Å². The van der Waals surface area contributed by atoms with Gasteiger partial charge >= 0.3 is 12.1 Å². The second-order valence-corrected chi connectivity index (χ2v) is 15.1. The molecule has 11 heteroatoms. The SMILES string of the molecule is COC(=O)C1(CNC(=O)[C@H](CC(C)C)NC(=O)C2(CNC(=O)[C@H](CC(C)C)NC(=O)OC(C)(C)C)CCCCC2)CCCCC1. The standard InChI is InChI=1S/C34H60N4O7/c1-23(2)19-25(27(39)36-22-34(30(42)44-8)17-13-10-14-18-34)37-29(41)33(15-11-9-12-16-33)21-35-28(40)26(20-24(3)4)38-31(43)45-32(5,6)7/h23-26H,9-22H2,1-8H3,(H,35,40)(H,36,39)(H,37,41)(H,38,43)/t25-,26-/m0/s1. The van der Waals surface area contributed by atoms with Crippen LogP contribution in [0.5, 0.6) is 0 Å². The lowest BCUT2D eigenvalue weighted by Gasteiger charge is -2.38. The van der Waals surface area contributed by atoms with Gasteiger partial charge in [0.15, 0.2) is 0 Å². The Hall–Kier alpha value is -2.85. The minimum absolute atomic E-state index is 0.101. The van der Waals surface area contributed by atoms with Crippen LogP contribution >= 0.6 is 0 Å². The minimum Gasteiger partial charge on any atom is -0.469 e. The molecule has 0 radical (unpaired) electrons. The lowest BCUT2D eigenvalue weighted by molar-refractivity contribution is -0.155. The number of nitrogens with one attached hydrogen (secondary N) is 4. The fourth-order valence-electron chi connectivity index (χ4n) is 6.54. The quantitative estimate of drug-likeness (QED) is 0.201. The van der Waals surface area contributed by atoms with E-state index in [9.17, 15) is 24.0 Å². The van der Waals surface area contributed by atoms with E-state index in [0.29, 0.717) is 38.5 Å². The van der Waals surface area contributed by atoms with E-state index >= 15 is 0 Å². The van der Waals surface area contributed by atoms with E-state index in [0.717, 1.165) is 38.5 Å². The molecule has 11 nitrogen and oxygen atoms in total. The fraction of sp³-hybridized carbons (Fsp3) is 0.853. The molecule has 45 heavy (non-hydrogen) atoms. The summed E-state index contributed by atoms with van der Waals surface area (Å²) in [6.45, 7) is 13.5. The van der Waals surface area contributed by atoms with Gasteiger partial charge in [-0.2, -0.15) is 0 Å². The molecule has 0 heterocycles. The summed E-state index contributed by atoms with van der Waals surface area (Å²) in [6.07, 6.45) is 8.15. The maximum Gasteiger partial charge on any atom is 0.408 e. The molecule has 0 saturated heterocycles. The van der Waals surface area contributed by atoms with Crippen molar-refractivity contribution in [3.05, 3.63) is 0 Å². The van der Waals surface area contributed by atoms with E-state index in [4.69, 9.17) is 9.47 Å². The smallest absolute Gasteiger partial charge is 0.408 e. The monoisotopic (exact) mass is 636 g/mol. The third-order valence-corrected chi connectivity index (χ3v) is 8.97. The van der Waals surface area contributed by atoms with Gasteiger partial charge in [0.05, 0.1) is 17.9 Å². The van der Waals surface area contributed by atoms with Crippen molar-refractivity contribution in [3.8, 4) is 0 Å². The van der Waals surface area contributed by atoms with Crippen molar-refractivity contribution < 1.29 is 33.4 Å². The van der Waals surface area contributed by atoms with E-state index in [-0.39, 0.29) is 48.6 Å². The highest BCUT2D eigenvalue weighted by Gasteiger charge is 2.44. The summed E-state index contributed by atoms with van der Waals surface area (Å²) in [5.74, 6) is -0.998. The Kier molecular flexibility index (Phi) is 14.6. The Balaban J connectivity index is 2.17. The van der Waals surface area contributed by atoms with Crippen LogP contribution in [0.15, 0.2) is 0 Å². The Morgan fingerprint density at radius 1 is 0.667 bits per heavy atom. The number of rotatable bonds is 14. The number of alkyl carbamates (subject to hydrolysis) is 1. The average molecular weight is 637 g/mol. The zero-order valence-electron chi connectivity index (χ0n) is 29.1. The Bertz CT molecular complexity index is 1010. The number of methoxy groups -OCH3 is 1. The highest BCUT2D eigenvalue weighted by Crippen LogP contribution is 2.38. The van der Waals surface area contributed by atoms with Crippen LogP contribution in [0.4, 0.5) is 4.79 Å². The Morgan fingerprint density at radius 3 is 1.51 bits per heavy atom. The second-order valence-electron chi connectivity index (χ2n) is 15.1. The van der Waals surface area contributed by atoms with Crippen molar-refractivity contribution >= 4 is 29.8 Å². The molecule has 258 valence electrons. The van der Waals surface area contributed by atoms with Gasteiger partial charge in [0.2, 0.25) is 17.7 Å². The molecule has 4 N–H and O–H groups in total. The lowest BCUT2D eigenvalue weighted by atomic mass is 9.72. The number of hydrogen-bond acceptors (Lipinski definition) is 7. The van der Waals surface area contributed by atoms with Crippen molar-refractivity contribution in [1.82, 2.24) is 21.3 Å². The largest absolute Gasteiger partial charge is 0.469 e. The van der Waals surface area contributed by atoms with Gasteiger partial charge in [-0.15, -0.1) is 0 Å². The molecule has 2 fully saturated rings. The second kappa shape index (κ2) is 17.2. The highest BCUT2D eigenvalue weighted by molar-refractivity contribution is 5.91. The molecule has 2 saturated carbocycles. The van der Waals surface area contributed by atoms with Gasteiger partial charge in [0.1, 0.15) is 17.7 Å². The number of hydrogen-bond donors (Lipinski definition) is 4. The first kappa shape index (κ1) is 38.3. The van der Waals surface area contributed by atoms with Crippen molar-refractivity contribution in [3.63, 3.8) is 0 Å². The first-order valence-electron chi connectivity index (χ1n) is 17.0. The number of carbonyl (C=O) groups excluding carboxylic acids is 5. The predicted octanol–water partition coefficient (Wildman–Crippen LogP) is 4.76. The maximum atomic E-state index is 14.0. The molecule has 0 aromatic carbocycles. The Morgan fingerprint density at radius 2 is 1.09 bits per heavy atom. The molecular weight excluding hydrogens is 576 g/mol. The molecule has 0 aromatic rings. The first-order chi connectivity index (χ1) is 21.0. The summed E-state index contributed by atoms with van der Waals surface area (Å²) >= 11 is 0. The summed E-state index contributed by atoms with van der Waals surface area (Å²) in [6, 6.07) is -1.60. The topological polar surface area (TPSA) is 152 Å². The fourth-order valence-corrected chi connectivity index (χ4v) is 6.54. The van der Waals surface area contributed by atoms with Crippen LogP contribution in [-0.4, -0.2) is 67.7 Å². The molecule has 4 amide bonds. The zero-order valence-corrected chi connectivity index (χ0v) is 29.1. The average Bonchev–Trinajstić information content (AvgIpc) is 2.97. The minimum atomic E-state index is -0.881. The van der Waals surface area contributed by atoms with E-state index in [2.05, 4.69) is 21.3 Å². The van der Waals surface area contributed by atoms with Gasteiger partial charge in [-0.25, -0.2) is 4.79 Å². The van der Waals surface area contributed by atoms with Crippen LogP contribution in [0.2, 0.25) is 0 Å². The molecule has 2 rings (SSSR count). The summed E-state index contributed by atoms with van der Waals surface area (Å²) in [7, 11) is 1.38. The first-order valence-corrected chi connectivity index (χ1v) is 17.0. The van der Waals surface area contributed by atoms with Crippen LogP contribution < -0.4 is 21.3 Å². The normalized spacial score (nSPS) is 19.2. The van der Waals surface area contributed by atoms with Crippen LogP contribution in [0.1, 0.15) is 126 Å². The number of amides is 4. The van der Waals surface area contributed by atoms with E-state index < -0.39 is 34.6 Å². The van der Waals surface area contributed by atoms with E-state index in [1.54, 1.807) is 20.8 Å². The molecule has 2 aliphatic carbocycles. The van der Waals surface area contributed by atoms with Crippen molar-refractivity contribution in [2.24, 2.45) is 22.7 Å². The molecule has 0 aliphatic heterocycles. The van der Waals surface area contributed by atoms with Gasteiger partial charge in [-0.3, -0.25) is 19.2 Å². The predicted molar refractivity (Wildman–Crippen MR) is 173 cm³/mol. The highest BCUT2D eigenvalue weighted by atomic mass is 16.6. The third kappa shape index (κ3) is 12.1. The van der Waals surface area contributed by atoms with Crippen LogP contribution in [0.3, 0.4) is 0 Å². The van der Waals surface area contributed by atoms with Crippen LogP contribution in [-0.2, 0) is 28.7 Å². The molecule has 0 spiro atoms. The van der Waals surface area contributed by atoms with Gasteiger partial charge < -0.3 is 30.7 Å². The number of ether oxygens (including phenoxy) is 2. The molecular formula is C34H60N4O7. The Labute approximate surface area is 270 Å². The summed E-state index contributed by atoms with van der Waals surface area (Å²) < 4.78 is 10.5. The summed E-state index contributed by atoms with van der Waals surface area (Å²) in [4.78, 5) is 66.2. The van der Waals surface area contributed by atoms with Crippen molar-refractivity contribution in [1.29, 1.82) is 0 Å². The molecule has 0 unspecified atom stereocenters. The molecule has 2 aliphatic rings. The lowest BCUT2D eigenvalue weighted by Crippen LogP contribution is -2.57. The summed E-state index contributed by atoms with van der Waals surface area (Å²) in [5, 5.41) is 11.7. The van der Waals surface area contributed by atoms with E-state index in [1.807, 2.05) is 27.7 Å². The van der Waals surface area contributed by atoms with Gasteiger partial charge in [-0.05, 0) is 71.1 Å². The maximum absolute atomic E-state index is 14.0.